The Kier molecular flexibility index (Phi) is 8.51. The molecule has 192 valence electrons. The Balaban J connectivity index is 0.000000633. The fourth-order valence-electron chi connectivity index (χ4n) is 7.70. The van der Waals surface area contributed by atoms with Crippen LogP contribution in [0.3, 0.4) is 0 Å². The van der Waals surface area contributed by atoms with Crippen LogP contribution in [0.5, 0.6) is 0 Å². The molecule has 0 radical (unpaired) electrons. The van der Waals surface area contributed by atoms with Gasteiger partial charge in [-0.25, -0.2) is 0 Å². The van der Waals surface area contributed by atoms with E-state index in [9.17, 15) is 14.7 Å². The van der Waals surface area contributed by atoms with Crippen LogP contribution in [0.25, 0.3) is 0 Å². The molecule has 6 heteroatoms. The normalized spacial score (nSPS) is 42.4. The number of fused-ring (bicyclic) bond motifs is 4. The molecule has 4 aliphatic carbocycles. The van der Waals surface area contributed by atoms with Crippen LogP contribution in [0.1, 0.15) is 74.1 Å². The van der Waals surface area contributed by atoms with Crippen LogP contribution in [-0.4, -0.2) is 53.5 Å². The van der Waals surface area contributed by atoms with Crippen molar-refractivity contribution in [2.75, 3.05) is 13.7 Å². The lowest BCUT2D eigenvalue weighted by Crippen LogP contribution is -2.62. The summed E-state index contributed by atoms with van der Waals surface area (Å²) in [4.78, 5) is 26.1. The Morgan fingerprint density at radius 1 is 1.18 bits per heavy atom. The molecule has 0 amide bonds. The minimum absolute atomic E-state index is 0.0851. The van der Waals surface area contributed by atoms with Gasteiger partial charge in [0.1, 0.15) is 0 Å². The monoisotopic (exact) mass is 476 g/mol. The van der Waals surface area contributed by atoms with Gasteiger partial charge in [-0.05, 0) is 55.9 Å². The SMILES string of the molecule is C#C.CC.CC(=O)O[C@H]1C(=O)C23C(C[C@]4(O)CCC(C)=C1C4(C)C)[C@@H]1CO[C@@H]1CC2[C@@H]3C.CO. The molecule has 6 nitrogen and oxygen atoms in total. The molecule has 1 heterocycles. The molecular formula is C28H44O6. The van der Waals surface area contributed by atoms with Crippen molar-refractivity contribution in [3.8, 4) is 12.8 Å². The average Bonchev–Trinajstić information content (AvgIpc) is 3.40. The molecule has 0 aromatic rings. The van der Waals surface area contributed by atoms with Gasteiger partial charge in [0.05, 0.1) is 18.3 Å². The lowest BCUT2D eigenvalue weighted by Gasteiger charge is -2.58. The highest BCUT2D eigenvalue weighted by Gasteiger charge is 2.78. The Hall–Kier alpha value is -1.68. The second kappa shape index (κ2) is 10.1. The van der Waals surface area contributed by atoms with E-state index in [1.807, 2.05) is 34.6 Å². The Labute approximate surface area is 205 Å². The van der Waals surface area contributed by atoms with Crippen molar-refractivity contribution < 1.29 is 29.3 Å². The highest BCUT2D eigenvalue weighted by molar-refractivity contribution is 5.97. The van der Waals surface area contributed by atoms with Gasteiger partial charge in [-0.1, -0.05) is 40.2 Å². The third-order valence-electron chi connectivity index (χ3n) is 9.44. The molecule has 2 N–H and O–H groups in total. The van der Waals surface area contributed by atoms with Gasteiger partial charge in [0.25, 0.3) is 0 Å². The van der Waals surface area contributed by atoms with E-state index in [1.165, 1.54) is 6.92 Å². The molecule has 1 saturated heterocycles. The van der Waals surface area contributed by atoms with Crippen molar-refractivity contribution in [2.45, 2.75) is 92.0 Å². The van der Waals surface area contributed by atoms with Gasteiger partial charge in [-0.15, -0.1) is 12.8 Å². The zero-order valence-corrected chi connectivity index (χ0v) is 22.2. The molecule has 5 aliphatic rings. The second-order valence-electron chi connectivity index (χ2n) is 10.6. The minimum atomic E-state index is -0.900. The summed E-state index contributed by atoms with van der Waals surface area (Å²) >= 11 is 0. The zero-order chi connectivity index (χ0) is 26.2. The maximum atomic E-state index is 14.1. The van der Waals surface area contributed by atoms with Crippen molar-refractivity contribution in [1.29, 1.82) is 0 Å². The molecule has 3 unspecified atom stereocenters. The number of Topliss-reactive ketones (excluding diaryl/α,β-unsaturated/α-hetero) is 1. The summed E-state index contributed by atoms with van der Waals surface area (Å²) in [6.45, 7) is 14.3. The van der Waals surface area contributed by atoms with Gasteiger partial charge in [-0.3, -0.25) is 9.59 Å². The first-order chi connectivity index (χ1) is 16.1. The van der Waals surface area contributed by atoms with E-state index in [1.54, 1.807) is 0 Å². The largest absolute Gasteiger partial charge is 0.450 e. The van der Waals surface area contributed by atoms with E-state index in [-0.39, 0.29) is 29.6 Å². The summed E-state index contributed by atoms with van der Waals surface area (Å²) in [7, 11) is 1.00. The number of ketones is 1. The molecule has 8 atom stereocenters. The molecule has 5 rings (SSSR count). The predicted octanol–water partition coefficient (Wildman–Crippen LogP) is 3.93. The fourth-order valence-corrected chi connectivity index (χ4v) is 7.70. The number of ether oxygens (including phenoxy) is 2. The molecule has 0 aromatic carbocycles. The van der Waals surface area contributed by atoms with Crippen molar-refractivity contribution in [1.82, 2.24) is 0 Å². The van der Waals surface area contributed by atoms with Gasteiger partial charge in [0.15, 0.2) is 11.9 Å². The lowest BCUT2D eigenvalue weighted by molar-refractivity contribution is -0.204. The third-order valence-corrected chi connectivity index (χ3v) is 9.44. The number of esters is 1. The van der Waals surface area contributed by atoms with Crippen LogP contribution in [0.4, 0.5) is 0 Å². The van der Waals surface area contributed by atoms with Crippen molar-refractivity contribution in [3.63, 3.8) is 0 Å². The van der Waals surface area contributed by atoms with E-state index in [0.717, 1.165) is 31.1 Å². The van der Waals surface area contributed by atoms with E-state index in [4.69, 9.17) is 14.6 Å². The summed E-state index contributed by atoms with van der Waals surface area (Å²) in [5, 5.41) is 18.9. The summed E-state index contributed by atoms with van der Waals surface area (Å²) < 4.78 is 11.6. The first kappa shape index (κ1) is 28.6. The Morgan fingerprint density at radius 3 is 2.26 bits per heavy atom. The highest BCUT2D eigenvalue weighted by Crippen LogP contribution is 2.75. The predicted molar refractivity (Wildman–Crippen MR) is 132 cm³/mol. The van der Waals surface area contributed by atoms with Crippen molar-refractivity contribution in [2.24, 2.45) is 34.5 Å². The Morgan fingerprint density at radius 2 is 1.76 bits per heavy atom. The van der Waals surface area contributed by atoms with Gasteiger partial charge in [-0.2, -0.15) is 0 Å². The number of aliphatic hydroxyl groups excluding tert-OH is 1. The van der Waals surface area contributed by atoms with E-state index in [2.05, 4.69) is 19.8 Å². The minimum Gasteiger partial charge on any atom is -0.450 e. The molecule has 4 fully saturated rings. The topological polar surface area (TPSA) is 93.1 Å². The van der Waals surface area contributed by atoms with E-state index in [0.29, 0.717) is 25.4 Å². The number of allylic oxidation sites excluding steroid dienone is 1. The third kappa shape index (κ3) is 3.75. The van der Waals surface area contributed by atoms with Crippen LogP contribution in [0, 0.1) is 47.3 Å². The number of carbonyl (C=O) groups is 2. The maximum absolute atomic E-state index is 14.1. The standard InChI is InChI=1S/C23H32O5.C2H6.C2H2.CH4O/c1-11-6-7-22(26)9-16-14-10-27-17(14)8-15-12(2)23(15,16)20(25)19(28-13(3)24)18(11)21(22,4)5;3*1-2/h12,14-17,19,26H,6-10H2,1-5H3;1-2H3;1-2H;2H,1H3/t12-,14-,15?,16?,17+,19+,22+,23?;;;/m0.../s1. The quantitative estimate of drug-likeness (QED) is 0.338. The number of hydrogen-bond acceptors (Lipinski definition) is 6. The molecule has 0 aromatic heterocycles. The van der Waals surface area contributed by atoms with Crippen molar-refractivity contribution in [3.05, 3.63) is 11.1 Å². The summed E-state index contributed by atoms with van der Waals surface area (Å²) in [5.74, 6) is 0.621. The molecule has 3 saturated carbocycles. The summed E-state index contributed by atoms with van der Waals surface area (Å²) in [6.07, 6.45) is 10.3. The first-order valence-electron chi connectivity index (χ1n) is 12.6. The van der Waals surface area contributed by atoms with Gasteiger partial charge >= 0.3 is 5.97 Å². The van der Waals surface area contributed by atoms with Gasteiger partial charge in [0, 0.05) is 30.8 Å². The number of carbonyl (C=O) groups excluding carboxylic acids is 2. The molecule has 34 heavy (non-hydrogen) atoms. The molecule has 2 bridgehead atoms. The number of rotatable bonds is 1. The smallest absolute Gasteiger partial charge is 0.303 e. The van der Waals surface area contributed by atoms with Gasteiger partial charge < -0.3 is 19.7 Å². The van der Waals surface area contributed by atoms with Crippen LogP contribution in [0.15, 0.2) is 11.1 Å². The maximum Gasteiger partial charge on any atom is 0.303 e. The highest BCUT2D eigenvalue weighted by atomic mass is 16.5. The lowest BCUT2D eigenvalue weighted by atomic mass is 9.51. The molecule has 1 aliphatic heterocycles. The molecule has 1 spiro atoms. The zero-order valence-electron chi connectivity index (χ0n) is 22.2. The van der Waals surface area contributed by atoms with Crippen molar-refractivity contribution >= 4 is 11.8 Å². The summed E-state index contributed by atoms with van der Waals surface area (Å²) in [6, 6.07) is 0. The summed E-state index contributed by atoms with van der Waals surface area (Å²) in [5.41, 5.74) is -0.0482. The number of hydrogen-bond donors (Lipinski definition) is 2. The van der Waals surface area contributed by atoms with Crippen LogP contribution >= 0.6 is 0 Å². The van der Waals surface area contributed by atoms with Crippen LogP contribution in [0.2, 0.25) is 0 Å². The number of terminal acetylenes is 1. The fraction of sp³-hybridized carbons (Fsp3) is 0.786. The van der Waals surface area contributed by atoms with E-state index >= 15 is 0 Å². The number of aliphatic hydroxyl groups is 2. The van der Waals surface area contributed by atoms with Gasteiger partial charge in [0.2, 0.25) is 0 Å². The average molecular weight is 477 g/mol. The first-order valence-corrected chi connectivity index (χ1v) is 12.6. The van der Waals surface area contributed by atoms with E-state index < -0.39 is 28.5 Å². The van der Waals surface area contributed by atoms with Crippen LogP contribution < -0.4 is 0 Å². The Bertz CT molecular complexity index is 841. The van der Waals surface area contributed by atoms with Crippen LogP contribution in [-0.2, 0) is 19.1 Å². The second-order valence-corrected chi connectivity index (χ2v) is 10.6. The molecular weight excluding hydrogens is 432 g/mol.